The van der Waals surface area contributed by atoms with Gasteiger partial charge in [-0.3, -0.25) is 4.79 Å². The van der Waals surface area contributed by atoms with Crippen molar-refractivity contribution in [2.24, 2.45) is 0 Å². The molecule has 1 N–H and O–H groups in total. The van der Waals surface area contributed by atoms with E-state index < -0.39 is 11.9 Å². The van der Waals surface area contributed by atoms with Crippen molar-refractivity contribution in [1.29, 1.82) is 0 Å². The number of halogens is 5. The smallest absolute Gasteiger partial charge is 0.322 e. The fourth-order valence-corrected chi connectivity index (χ4v) is 3.73. The standard InChI is InChI=1S/C24H16Cl2F3N3O/c1-14-12-17(25)10-11-19(14)30-23(33)16-8-6-15(7-9-16)21-13-22(24(27,28)29)31-32(21)20-5-3-2-4-18(20)26/h2-13H,1H3,(H,30,33). The summed E-state index contributed by atoms with van der Waals surface area (Å²) in [5.74, 6) is -0.359. The summed E-state index contributed by atoms with van der Waals surface area (Å²) in [6.45, 7) is 1.82. The van der Waals surface area contributed by atoms with Crippen molar-refractivity contribution in [3.05, 3.63) is 99.7 Å². The number of amides is 1. The highest BCUT2D eigenvalue weighted by Crippen LogP contribution is 2.34. The van der Waals surface area contributed by atoms with Gasteiger partial charge in [0.25, 0.3) is 5.91 Å². The number of nitrogens with one attached hydrogen (secondary N) is 1. The Hall–Kier alpha value is -3.29. The third-order valence-electron chi connectivity index (χ3n) is 4.96. The second-order valence-electron chi connectivity index (χ2n) is 7.27. The maximum atomic E-state index is 13.4. The number of aryl methyl sites for hydroxylation is 1. The number of hydrogen-bond donors (Lipinski definition) is 1. The Labute approximate surface area is 197 Å². The number of hydrogen-bond acceptors (Lipinski definition) is 2. The van der Waals surface area contributed by atoms with Gasteiger partial charge >= 0.3 is 6.18 Å². The summed E-state index contributed by atoms with van der Waals surface area (Å²) in [5, 5.41) is 7.35. The summed E-state index contributed by atoms with van der Waals surface area (Å²) < 4.78 is 41.3. The average molecular weight is 490 g/mol. The summed E-state index contributed by atoms with van der Waals surface area (Å²) in [4.78, 5) is 12.6. The van der Waals surface area contributed by atoms with Crippen LogP contribution in [0, 0.1) is 6.92 Å². The lowest BCUT2D eigenvalue weighted by atomic mass is 10.1. The molecule has 4 rings (SSSR count). The normalized spacial score (nSPS) is 11.5. The summed E-state index contributed by atoms with van der Waals surface area (Å²) in [6, 6.07) is 18.7. The van der Waals surface area contributed by atoms with Gasteiger partial charge in [-0.25, -0.2) is 4.68 Å². The first-order chi connectivity index (χ1) is 15.6. The molecule has 0 unspecified atom stereocenters. The van der Waals surface area contributed by atoms with Gasteiger partial charge < -0.3 is 5.32 Å². The maximum absolute atomic E-state index is 13.4. The Bertz CT molecular complexity index is 1330. The van der Waals surface area contributed by atoms with Gasteiger partial charge in [0.1, 0.15) is 0 Å². The van der Waals surface area contributed by atoms with Crippen LogP contribution in [0.4, 0.5) is 18.9 Å². The van der Waals surface area contributed by atoms with Crippen LogP contribution < -0.4 is 5.32 Å². The maximum Gasteiger partial charge on any atom is 0.435 e. The summed E-state index contributed by atoms with van der Waals surface area (Å²) >= 11 is 12.1. The fraction of sp³-hybridized carbons (Fsp3) is 0.0833. The van der Waals surface area contributed by atoms with Crippen LogP contribution in [0.25, 0.3) is 16.9 Å². The van der Waals surface area contributed by atoms with Crippen LogP contribution in [0.3, 0.4) is 0 Å². The lowest BCUT2D eigenvalue weighted by Crippen LogP contribution is -2.12. The van der Waals surface area contributed by atoms with Crippen LogP contribution >= 0.6 is 23.2 Å². The van der Waals surface area contributed by atoms with E-state index in [0.717, 1.165) is 16.3 Å². The van der Waals surface area contributed by atoms with E-state index in [0.29, 0.717) is 27.5 Å². The molecule has 4 nitrogen and oxygen atoms in total. The van der Waals surface area contributed by atoms with Gasteiger partial charge in [0.05, 0.1) is 16.4 Å². The number of aromatic nitrogens is 2. The number of alkyl halides is 3. The van der Waals surface area contributed by atoms with E-state index in [-0.39, 0.29) is 16.6 Å². The van der Waals surface area contributed by atoms with E-state index in [2.05, 4.69) is 10.4 Å². The zero-order chi connectivity index (χ0) is 23.8. The second-order valence-corrected chi connectivity index (χ2v) is 8.11. The van der Waals surface area contributed by atoms with E-state index in [1.165, 1.54) is 12.1 Å². The molecule has 9 heteroatoms. The van der Waals surface area contributed by atoms with Gasteiger partial charge in [-0.05, 0) is 61.0 Å². The molecule has 0 aliphatic rings. The summed E-state index contributed by atoms with van der Waals surface area (Å²) in [5.41, 5.74) is 1.65. The van der Waals surface area contributed by atoms with Crippen LogP contribution in [-0.4, -0.2) is 15.7 Å². The lowest BCUT2D eigenvalue weighted by Gasteiger charge is -2.11. The zero-order valence-corrected chi connectivity index (χ0v) is 18.6. The van der Waals surface area contributed by atoms with E-state index in [4.69, 9.17) is 23.2 Å². The Balaban J connectivity index is 1.68. The van der Waals surface area contributed by atoms with Gasteiger partial charge in [0.2, 0.25) is 0 Å². The molecule has 3 aromatic carbocycles. The second kappa shape index (κ2) is 8.92. The molecule has 0 radical (unpaired) electrons. The predicted octanol–water partition coefficient (Wildman–Crippen LogP) is 7.43. The van der Waals surface area contributed by atoms with Crippen LogP contribution in [0.5, 0.6) is 0 Å². The molecule has 0 saturated carbocycles. The molecule has 0 aliphatic heterocycles. The molecule has 0 atom stereocenters. The molecule has 1 heterocycles. The van der Waals surface area contributed by atoms with Crippen LogP contribution in [0.15, 0.2) is 72.8 Å². The summed E-state index contributed by atoms with van der Waals surface area (Å²) in [6.07, 6.45) is -4.63. The molecule has 0 fully saturated rings. The lowest BCUT2D eigenvalue weighted by molar-refractivity contribution is -0.141. The number of nitrogens with zero attached hydrogens (tertiary/aromatic N) is 2. The SMILES string of the molecule is Cc1cc(Cl)ccc1NC(=O)c1ccc(-c2cc(C(F)(F)F)nn2-c2ccccc2Cl)cc1. The molecule has 33 heavy (non-hydrogen) atoms. The first-order valence-corrected chi connectivity index (χ1v) is 10.5. The Morgan fingerprint density at radius 2 is 1.67 bits per heavy atom. The van der Waals surface area contributed by atoms with Crippen molar-refractivity contribution in [1.82, 2.24) is 9.78 Å². The molecule has 0 bridgehead atoms. The minimum absolute atomic E-state index is 0.191. The van der Waals surface area contributed by atoms with Gasteiger partial charge in [0.15, 0.2) is 5.69 Å². The number of para-hydroxylation sites is 1. The minimum Gasteiger partial charge on any atom is -0.322 e. The monoisotopic (exact) mass is 489 g/mol. The van der Waals surface area contributed by atoms with Crippen molar-refractivity contribution in [2.75, 3.05) is 5.32 Å². The van der Waals surface area contributed by atoms with Crippen molar-refractivity contribution in [3.63, 3.8) is 0 Å². The van der Waals surface area contributed by atoms with E-state index in [1.54, 1.807) is 54.6 Å². The zero-order valence-electron chi connectivity index (χ0n) is 17.1. The van der Waals surface area contributed by atoms with Crippen molar-refractivity contribution in [2.45, 2.75) is 13.1 Å². The molecule has 0 saturated heterocycles. The van der Waals surface area contributed by atoms with Gasteiger partial charge in [0, 0.05) is 21.8 Å². The summed E-state index contributed by atoms with van der Waals surface area (Å²) in [7, 11) is 0. The van der Waals surface area contributed by atoms with E-state index in [1.807, 2.05) is 6.92 Å². The topological polar surface area (TPSA) is 46.9 Å². The predicted molar refractivity (Wildman–Crippen MR) is 123 cm³/mol. The van der Waals surface area contributed by atoms with Crippen LogP contribution in [0.1, 0.15) is 21.6 Å². The van der Waals surface area contributed by atoms with Crippen molar-refractivity contribution < 1.29 is 18.0 Å². The number of carbonyl (C=O) groups is 1. The first kappa shape index (κ1) is 22.9. The fourth-order valence-electron chi connectivity index (χ4n) is 3.29. The van der Waals surface area contributed by atoms with Gasteiger partial charge in [-0.15, -0.1) is 0 Å². The highest BCUT2D eigenvalue weighted by molar-refractivity contribution is 6.32. The Morgan fingerprint density at radius 3 is 2.30 bits per heavy atom. The average Bonchev–Trinajstić information content (AvgIpc) is 3.22. The molecule has 1 aromatic heterocycles. The number of benzene rings is 3. The van der Waals surface area contributed by atoms with E-state index in [9.17, 15) is 18.0 Å². The Kier molecular flexibility index (Phi) is 6.19. The quantitative estimate of drug-likeness (QED) is 0.324. The molecule has 0 aliphatic carbocycles. The van der Waals surface area contributed by atoms with Crippen LogP contribution in [0.2, 0.25) is 10.0 Å². The third kappa shape index (κ3) is 4.89. The third-order valence-corrected chi connectivity index (χ3v) is 5.51. The molecular formula is C24H16Cl2F3N3O. The number of carbonyl (C=O) groups excluding carboxylic acids is 1. The highest BCUT2D eigenvalue weighted by atomic mass is 35.5. The largest absolute Gasteiger partial charge is 0.435 e. The minimum atomic E-state index is -4.63. The number of rotatable bonds is 4. The van der Waals surface area contributed by atoms with Crippen molar-refractivity contribution >= 4 is 34.8 Å². The van der Waals surface area contributed by atoms with E-state index >= 15 is 0 Å². The van der Waals surface area contributed by atoms with Gasteiger partial charge in [-0.1, -0.05) is 47.5 Å². The first-order valence-electron chi connectivity index (χ1n) is 9.73. The highest BCUT2D eigenvalue weighted by Gasteiger charge is 2.35. The molecule has 4 aromatic rings. The number of anilines is 1. The molecular weight excluding hydrogens is 474 g/mol. The molecule has 1 amide bonds. The van der Waals surface area contributed by atoms with Crippen LogP contribution in [-0.2, 0) is 6.18 Å². The molecule has 168 valence electrons. The Morgan fingerprint density at radius 1 is 0.970 bits per heavy atom. The van der Waals surface area contributed by atoms with Crippen molar-refractivity contribution in [3.8, 4) is 16.9 Å². The molecule has 0 spiro atoms. The van der Waals surface area contributed by atoms with Gasteiger partial charge in [-0.2, -0.15) is 18.3 Å².